The molecule has 1 aromatic rings. The van der Waals surface area contributed by atoms with Gasteiger partial charge < -0.3 is 10.5 Å². The first-order valence-corrected chi connectivity index (χ1v) is 7.52. The minimum absolute atomic E-state index is 0.179. The van der Waals surface area contributed by atoms with Gasteiger partial charge in [-0.2, -0.15) is 4.31 Å². The summed E-state index contributed by atoms with van der Waals surface area (Å²) in [5.74, 6) is -0.722. The molecule has 0 aromatic heterocycles. The second-order valence-corrected chi connectivity index (χ2v) is 6.46. The Hall–Kier alpha value is -1.18. The lowest BCUT2D eigenvalue weighted by Gasteiger charge is -2.22. The Bertz CT molecular complexity index is 562. The van der Waals surface area contributed by atoms with E-state index in [-0.39, 0.29) is 23.2 Å². The molecule has 1 unspecified atom stereocenters. The average molecular weight is 288 g/mol. The van der Waals surface area contributed by atoms with E-state index in [2.05, 4.69) is 0 Å². The lowest BCUT2D eigenvalue weighted by Crippen LogP contribution is -2.36. The SMILES string of the molecule is CC1CN(S(=O)(=O)c2cccc(F)c2N)CCCO1. The number of para-hydroxylation sites is 1. The van der Waals surface area contributed by atoms with Crippen LogP contribution in [0.5, 0.6) is 0 Å². The van der Waals surface area contributed by atoms with Crippen molar-refractivity contribution in [2.45, 2.75) is 24.3 Å². The largest absolute Gasteiger partial charge is 0.395 e. The van der Waals surface area contributed by atoms with Gasteiger partial charge in [-0.05, 0) is 25.5 Å². The van der Waals surface area contributed by atoms with E-state index in [1.165, 1.54) is 16.4 Å². The molecule has 0 spiro atoms. The first-order chi connectivity index (χ1) is 8.93. The molecule has 1 fully saturated rings. The summed E-state index contributed by atoms with van der Waals surface area (Å²) in [6.45, 7) is 2.93. The number of nitrogen functional groups attached to an aromatic ring is 1. The van der Waals surface area contributed by atoms with Gasteiger partial charge in [-0.25, -0.2) is 12.8 Å². The van der Waals surface area contributed by atoms with Crippen molar-refractivity contribution in [3.8, 4) is 0 Å². The lowest BCUT2D eigenvalue weighted by atomic mass is 10.3. The monoisotopic (exact) mass is 288 g/mol. The highest BCUT2D eigenvalue weighted by atomic mass is 32.2. The van der Waals surface area contributed by atoms with Crippen LogP contribution in [0, 0.1) is 5.82 Å². The molecule has 2 N–H and O–H groups in total. The third kappa shape index (κ3) is 2.88. The van der Waals surface area contributed by atoms with Crippen LogP contribution in [0.15, 0.2) is 23.1 Å². The number of hydrogen-bond donors (Lipinski definition) is 1. The summed E-state index contributed by atoms with van der Waals surface area (Å²) in [5.41, 5.74) is 5.20. The van der Waals surface area contributed by atoms with E-state index in [1.54, 1.807) is 0 Å². The summed E-state index contributed by atoms with van der Waals surface area (Å²) >= 11 is 0. The van der Waals surface area contributed by atoms with Crippen LogP contribution in [0.3, 0.4) is 0 Å². The average Bonchev–Trinajstić information content (AvgIpc) is 2.57. The van der Waals surface area contributed by atoms with Gasteiger partial charge in [0, 0.05) is 19.7 Å². The summed E-state index contributed by atoms with van der Waals surface area (Å²) in [7, 11) is -3.78. The number of hydrogen-bond acceptors (Lipinski definition) is 4. The van der Waals surface area contributed by atoms with Gasteiger partial charge in [0.05, 0.1) is 11.8 Å². The predicted molar refractivity (Wildman–Crippen MR) is 69.6 cm³/mol. The number of sulfonamides is 1. The van der Waals surface area contributed by atoms with Crippen LogP contribution in [0.1, 0.15) is 13.3 Å². The molecular formula is C12H17FN2O3S. The van der Waals surface area contributed by atoms with Crippen molar-refractivity contribution in [1.29, 1.82) is 0 Å². The molecule has 0 aliphatic carbocycles. The Morgan fingerprint density at radius 2 is 2.21 bits per heavy atom. The fourth-order valence-corrected chi connectivity index (χ4v) is 3.74. The lowest BCUT2D eigenvalue weighted by molar-refractivity contribution is 0.0752. The second-order valence-electron chi connectivity index (χ2n) is 4.55. The molecular weight excluding hydrogens is 271 g/mol. The molecule has 1 heterocycles. The van der Waals surface area contributed by atoms with Crippen LogP contribution in [0.4, 0.5) is 10.1 Å². The minimum atomic E-state index is -3.78. The number of ether oxygens (including phenoxy) is 1. The van der Waals surface area contributed by atoms with E-state index in [0.717, 1.165) is 6.07 Å². The Kier molecular flexibility index (Phi) is 4.07. The number of anilines is 1. The summed E-state index contributed by atoms with van der Waals surface area (Å²) < 4.78 is 45.1. The number of benzene rings is 1. The van der Waals surface area contributed by atoms with Crippen molar-refractivity contribution < 1.29 is 17.5 Å². The number of nitrogens with two attached hydrogens (primary N) is 1. The molecule has 1 aliphatic heterocycles. The number of halogens is 1. The molecule has 0 saturated carbocycles. The predicted octanol–water partition coefficient (Wildman–Crippen LogP) is 1.21. The van der Waals surface area contributed by atoms with E-state index in [1.807, 2.05) is 6.92 Å². The quantitative estimate of drug-likeness (QED) is 0.830. The van der Waals surface area contributed by atoms with Gasteiger partial charge in [-0.15, -0.1) is 0 Å². The van der Waals surface area contributed by atoms with Gasteiger partial charge in [0.1, 0.15) is 10.7 Å². The van der Waals surface area contributed by atoms with E-state index >= 15 is 0 Å². The molecule has 0 radical (unpaired) electrons. The van der Waals surface area contributed by atoms with Crippen LogP contribution < -0.4 is 5.73 Å². The standard InChI is InChI=1S/C12H17FN2O3S/c1-9-8-15(6-3-7-18-9)19(16,17)11-5-2-4-10(13)12(11)14/h2,4-5,9H,3,6-8,14H2,1H3. The molecule has 1 saturated heterocycles. The van der Waals surface area contributed by atoms with Gasteiger partial charge in [0.25, 0.3) is 0 Å². The van der Waals surface area contributed by atoms with E-state index < -0.39 is 15.8 Å². The molecule has 106 valence electrons. The molecule has 1 atom stereocenters. The highest BCUT2D eigenvalue weighted by molar-refractivity contribution is 7.89. The van der Waals surface area contributed by atoms with Gasteiger partial charge >= 0.3 is 0 Å². The second kappa shape index (κ2) is 5.44. The van der Waals surface area contributed by atoms with Crippen molar-refractivity contribution in [2.24, 2.45) is 0 Å². The Morgan fingerprint density at radius 3 is 2.95 bits per heavy atom. The molecule has 1 aromatic carbocycles. The first kappa shape index (κ1) is 14.2. The van der Waals surface area contributed by atoms with Crippen LogP contribution in [0.2, 0.25) is 0 Å². The zero-order valence-corrected chi connectivity index (χ0v) is 11.5. The first-order valence-electron chi connectivity index (χ1n) is 6.08. The summed E-state index contributed by atoms with van der Waals surface area (Å²) in [5, 5.41) is 0. The number of rotatable bonds is 2. The maximum atomic E-state index is 13.4. The summed E-state index contributed by atoms with van der Waals surface area (Å²) in [4.78, 5) is -0.179. The zero-order chi connectivity index (χ0) is 14.0. The fraction of sp³-hybridized carbons (Fsp3) is 0.500. The van der Waals surface area contributed by atoms with Crippen molar-refractivity contribution in [2.75, 3.05) is 25.4 Å². The highest BCUT2D eigenvalue weighted by Gasteiger charge is 2.30. The van der Waals surface area contributed by atoms with E-state index in [0.29, 0.717) is 19.6 Å². The Morgan fingerprint density at radius 1 is 1.47 bits per heavy atom. The Labute approximate surface area is 112 Å². The maximum absolute atomic E-state index is 13.4. The van der Waals surface area contributed by atoms with Crippen molar-refractivity contribution in [3.05, 3.63) is 24.0 Å². The van der Waals surface area contributed by atoms with Crippen LogP contribution in [0.25, 0.3) is 0 Å². The van der Waals surface area contributed by atoms with Gasteiger partial charge in [-0.1, -0.05) is 6.07 Å². The molecule has 7 heteroatoms. The fourth-order valence-electron chi connectivity index (χ4n) is 2.06. The van der Waals surface area contributed by atoms with Crippen LogP contribution >= 0.6 is 0 Å². The van der Waals surface area contributed by atoms with Crippen molar-refractivity contribution in [1.82, 2.24) is 4.31 Å². The zero-order valence-electron chi connectivity index (χ0n) is 10.7. The van der Waals surface area contributed by atoms with E-state index in [9.17, 15) is 12.8 Å². The van der Waals surface area contributed by atoms with Gasteiger partial charge in [0.15, 0.2) is 0 Å². The van der Waals surface area contributed by atoms with Crippen LogP contribution in [-0.2, 0) is 14.8 Å². The van der Waals surface area contributed by atoms with Crippen molar-refractivity contribution >= 4 is 15.7 Å². The maximum Gasteiger partial charge on any atom is 0.245 e. The summed E-state index contributed by atoms with van der Waals surface area (Å²) in [6.07, 6.45) is 0.422. The molecule has 0 bridgehead atoms. The molecule has 19 heavy (non-hydrogen) atoms. The molecule has 1 aliphatic rings. The van der Waals surface area contributed by atoms with Crippen molar-refractivity contribution in [3.63, 3.8) is 0 Å². The minimum Gasteiger partial charge on any atom is -0.395 e. The third-order valence-electron chi connectivity index (χ3n) is 3.05. The van der Waals surface area contributed by atoms with E-state index in [4.69, 9.17) is 10.5 Å². The molecule has 5 nitrogen and oxygen atoms in total. The molecule has 2 rings (SSSR count). The highest BCUT2D eigenvalue weighted by Crippen LogP contribution is 2.25. The Balaban J connectivity index is 2.38. The van der Waals surface area contributed by atoms with Gasteiger partial charge in [0.2, 0.25) is 10.0 Å². The molecule has 0 amide bonds. The topological polar surface area (TPSA) is 72.6 Å². The van der Waals surface area contributed by atoms with Gasteiger partial charge in [-0.3, -0.25) is 0 Å². The smallest absolute Gasteiger partial charge is 0.245 e. The normalized spacial score (nSPS) is 22.1. The summed E-state index contributed by atoms with van der Waals surface area (Å²) in [6, 6.07) is 3.81. The number of nitrogens with zero attached hydrogens (tertiary/aromatic N) is 1. The van der Waals surface area contributed by atoms with Crippen LogP contribution in [-0.4, -0.2) is 38.5 Å². The third-order valence-corrected chi connectivity index (χ3v) is 4.97.